The Bertz CT molecular complexity index is 487. The van der Waals surface area contributed by atoms with E-state index in [0.717, 1.165) is 31.1 Å². The molecule has 0 bridgehead atoms. The van der Waals surface area contributed by atoms with Gasteiger partial charge in [-0.2, -0.15) is 0 Å². The molecule has 0 N–H and O–H groups in total. The Morgan fingerprint density at radius 1 is 1.04 bits per heavy atom. The van der Waals surface area contributed by atoms with Crippen LogP contribution in [0.1, 0.15) is 73.7 Å². The molecule has 1 aliphatic heterocycles. The molecule has 0 spiro atoms. The number of carbonyl (C=O) groups excluding carboxylic acids is 1. The van der Waals surface area contributed by atoms with Gasteiger partial charge in [0.05, 0.1) is 0 Å². The summed E-state index contributed by atoms with van der Waals surface area (Å²) in [4.78, 5) is 15.0. The van der Waals surface area contributed by atoms with E-state index in [0.29, 0.717) is 5.78 Å². The third-order valence-corrected chi connectivity index (χ3v) is 5.45. The summed E-state index contributed by atoms with van der Waals surface area (Å²) in [6.07, 6.45) is 9.32. The second-order valence-corrected chi connectivity index (χ2v) is 7.23. The van der Waals surface area contributed by atoms with Crippen molar-refractivity contribution < 1.29 is 4.79 Å². The number of benzene rings is 1. The van der Waals surface area contributed by atoms with E-state index in [-0.39, 0.29) is 18.3 Å². The fourth-order valence-electron chi connectivity index (χ4n) is 4.08. The molecule has 23 heavy (non-hydrogen) atoms. The van der Waals surface area contributed by atoms with Crippen LogP contribution in [0, 0.1) is 5.92 Å². The van der Waals surface area contributed by atoms with E-state index in [1.54, 1.807) is 0 Å². The van der Waals surface area contributed by atoms with E-state index in [2.05, 4.69) is 36.1 Å². The van der Waals surface area contributed by atoms with Crippen LogP contribution in [0.25, 0.3) is 0 Å². The first-order chi connectivity index (χ1) is 10.7. The predicted molar refractivity (Wildman–Crippen MR) is 98.7 cm³/mol. The van der Waals surface area contributed by atoms with E-state index in [1.165, 1.54) is 50.5 Å². The summed E-state index contributed by atoms with van der Waals surface area (Å²) in [6, 6.07) is 8.52. The number of halogens is 1. The van der Waals surface area contributed by atoms with Crippen LogP contribution >= 0.6 is 12.4 Å². The summed E-state index contributed by atoms with van der Waals surface area (Å²) in [6.45, 7) is 5.33. The lowest BCUT2D eigenvalue weighted by atomic mass is 9.83. The average molecular weight is 336 g/mol. The number of ketones is 1. The van der Waals surface area contributed by atoms with Crippen LogP contribution in [0.2, 0.25) is 0 Å². The summed E-state index contributed by atoms with van der Waals surface area (Å²) >= 11 is 0. The van der Waals surface area contributed by atoms with Gasteiger partial charge in [-0.1, -0.05) is 50.5 Å². The van der Waals surface area contributed by atoms with Gasteiger partial charge >= 0.3 is 0 Å². The molecule has 3 rings (SSSR count). The monoisotopic (exact) mass is 335 g/mol. The lowest BCUT2D eigenvalue weighted by Crippen LogP contribution is -2.29. The van der Waals surface area contributed by atoms with Gasteiger partial charge in [0, 0.05) is 18.0 Å². The molecule has 2 aliphatic rings. The van der Waals surface area contributed by atoms with Crippen molar-refractivity contribution in [3.8, 4) is 0 Å². The fourth-order valence-corrected chi connectivity index (χ4v) is 4.08. The number of likely N-dealkylation sites (tertiary alicyclic amines) is 1. The van der Waals surface area contributed by atoms with Gasteiger partial charge in [-0.05, 0) is 50.3 Å². The average Bonchev–Trinajstić information content (AvgIpc) is 3.08. The number of rotatable bonds is 5. The molecule has 1 atom stereocenters. The molecule has 1 heterocycles. The van der Waals surface area contributed by atoms with Crippen LogP contribution < -0.4 is 0 Å². The van der Waals surface area contributed by atoms with Crippen LogP contribution in [0.3, 0.4) is 0 Å². The van der Waals surface area contributed by atoms with Gasteiger partial charge in [-0.15, -0.1) is 12.4 Å². The molecule has 1 aliphatic carbocycles. The van der Waals surface area contributed by atoms with Crippen molar-refractivity contribution in [2.75, 3.05) is 19.6 Å². The molecule has 1 saturated carbocycles. The standard InChI is InChI=1S/C20H29NO.ClH/c1-16(15-21-13-5-6-14-21)20(22)19-11-9-18(10-12-19)17-7-3-2-4-8-17;/h9-12,16-17H,2-8,13-15H2,1H3;1H. The summed E-state index contributed by atoms with van der Waals surface area (Å²) < 4.78 is 0. The van der Waals surface area contributed by atoms with Crippen LogP contribution in [0.15, 0.2) is 24.3 Å². The van der Waals surface area contributed by atoms with Crippen molar-refractivity contribution in [1.29, 1.82) is 0 Å². The number of Topliss-reactive ketones (excluding diaryl/α,β-unsaturated/α-hetero) is 1. The Labute approximate surface area is 147 Å². The molecule has 1 aromatic carbocycles. The molecule has 1 saturated heterocycles. The molecule has 3 heteroatoms. The molecule has 128 valence electrons. The van der Waals surface area contributed by atoms with Gasteiger partial charge in [0.1, 0.15) is 0 Å². The van der Waals surface area contributed by atoms with Gasteiger partial charge in [0.15, 0.2) is 5.78 Å². The maximum Gasteiger partial charge on any atom is 0.166 e. The van der Waals surface area contributed by atoms with Gasteiger partial charge < -0.3 is 4.90 Å². The maximum absolute atomic E-state index is 12.6. The summed E-state index contributed by atoms with van der Waals surface area (Å²) in [5.41, 5.74) is 2.33. The Hall–Kier alpha value is -0.860. The summed E-state index contributed by atoms with van der Waals surface area (Å²) in [5, 5.41) is 0. The Kier molecular flexibility index (Phi) is 7.10. The normalized spacial score (nSPS) is 20.9. The quantitative estimate of drug-likeness (QED) is 0.700. The lowest BCUT2D eigenvalue weighted by Gasteiger charge is -2.22. The predicted octanol–water partition coefficient (Wildman–Crippen LogP) is 5.07. The number of hydrogen-bond donors (Lipinski definition) is 0. The second-order valence-electron chi connectivity index (χ2n) is 7.23. The Balaban J connectivity index is 0.00000192. The van der Waals surface area contributed by atoms with Crippen LogP contribution in [0.4, 0.5) is 0 Å². The molecular formula is C20H30ClNO. The van der Waals surface area contributed by atoms with E-state index in [4.69, 9.17) is 0 Å². The zero-order valence-electron chi connectivity index (χ0n) is 14.3. The number of hydrogen-bond acceptors (Lipinski definition) is 2. The van der Waals surface area contributed by atoms with E-state index in [1.807, 2.05) is 0 Å². The van der Waals surface area contributed by atoms with Crippen molar-refractivity contribution in [2.24, 2.45) is 5.92 Å². The Morgan fingerprint density at radius 2 is 1.65 bits per heavy atom. The van der Waals surface area contributed by atoms with Gasteiger partial charge in [-0.25, -0.2) is 0 Å². The van der Waals surface area contributed by atoms with Crippen molar-refractivity contribution in [3.63, 3.8) is 0 Å². The third-order valence-electron chi connectivity index (χ3n) is 5.45. The zero-order chi connectivity index (χ0) is 15.4. The van der Waals surface area contributed by atoms with Crippen molar-refractivity contribution in [3.05, 3.63) is 35.4 Å². The third kappa shape index (κ3) is 4.81. The SMILES string of the molecule is CC(CN1CCCC1)C(=O)c1ccc(C2CCCCC2)cc1.Cl. The van der Waals surface area contributed by atoms with Crippen molar-refractivity contribution in [1.82, 2.24) is 4.90 Å². The van der Waals surface area contributed by atoms with E-state index < -0.39 is 0 Å². The molecule has 2 fully saturated rings. The van der Waals surface area contributed by atoms with Crippen LogP contribution in [-0.2, 0) is 0 Å². The minimum atomic E-state index is 0. The smallest absolute Gasteiger partial charge is 0.166 e. The van der Waals surface area contributed by atoms with Crippen molar-refractivity contribution >= 4 is 18.2 Å². The van der Waals surface area contributed by atoms with E-state index >= 15 is 0 Å². The highest BCUT2D eigenvalue weighted by molar-refractivity contribution is 5.97. The molecule has 2 nitrogen and oxygen atoms in total. The highest BCUT2D eigenvalue weighted by atomic mass is 35.5. The lowest BCUT2D eigenvalue weighted by molar-refractivity contribution is 0.0903. The zero-order valence-corrected chi connectivity index (χ0v) is 15.1. The molecular weight excluding hydrogens is 306 g/mol. The minimum absolute atomic E-state index is 0. The van der Waals surface area contributed by atoms with E-state index in [9.17, 15) is 4.79 Å². The largest absolute Gasteiger partial charge is 0.303 e. The number of nitrogens with zero attached hydrogens (tertiary/aromatic N) is 1. The first-order valence-electron chi connectivity index (χ1n) is 9.10. The highest BCUT2D eigenvalue weighted by Gasteiger charge is 2.21. The number of carbonyl (C=O) groups is 1. The van der Waals surface area contributed by atoms with Gasteiger partial charge in [0.2, 0.25) is 0 Å². The first kappa shape index (κ1) is 18.5. The highest BCUT2D eigenvalue weighted by Crippen LogP contribution is 2.32. The topological polar surface area (TPSA) is 20.3 Å². The Morgan fingerprint density at radius 3 is 2.26 bits per heavy atom. The minimum Gasteiger partial charge on any atom is -0.303 e. The van der Waals surface area contributed by atoms with Crippen LogP contribution in [0.5, 0.6) is 0 Å². The second kappa shape index (κ2) is 8.84. The molecule has 1 aromatic rings. The van der Waals surface area contributed by atoms with Crippen LogP contribution in [-0.4, -0.2) is 30.3 Å². The molecule has 0 amide bonds. The fraction of sp³-hybridized carbons (Fsp3) is 0.650. The molecule has 0 radical (unpaired) electrons. The first-order valence-corrected chi connectivity index (χ1v) is 9.10. The van der Waals surface area contributed by atoms with Crippen molar-refractivity contribution in [2.45, 2.75) is 57.8 Å². The summed E-state index contributed by atoms with van der Waals surface area (Å²) in [5.74, 6) is 1.14. The molecule has 1 unspecified atom stereocenters. The van der Waals surface area contributed by atoms with Gasteiger partial charge in [0.25, 0.3) is 0 Å². The maximum atomic E-state index is 12.6. The summed E-state index contributed by atoms with van der Waals surface area (Å²) in [7, 11) is 0. The molecule has 0 aromatic heterocycles. The van der Waals surface area contributed by atoms with Gasteiger partial charge in [-0.3, -0.25) is 4.79 Å².